The minimum atomic E-state index is 0.107. The van der Waals surface area contributed by atoms with Gasteiger partial charge in [0.05, 0.1) is 13.1 Å². The van der Waals surface area contributed by atoms with Gasteiger partial charge in [0.2, 0.25) is 11.6 Å². The summed E-state index contributed by atoms with van der Waals surface area (Å²) in [6.45, 7) is 11.0. The van der Waals surface area contributed by atoms with Crippen LogP contribution in [0.4, 0.5) is 11.4 Å². The summed E-state index contributed by atoms with van der Waals surface area (Å²) in [6.07, 6.45) is 2.79. The number of aromatic nitrogens is 1. The molecule has 0 N–H and O–H groups in total. The van der Waals surface area contributed by atoms with Crippen molar-refractivity contribution in [2.24, 2.45) is 0 Å². The molecule has 5 heteroatoms. The van der Waals surface area contributed by atoms with E-state index in [2.05, 4.69) is 30.7 Å². The molecule has 112 valence electrons. The van der Waals surface area contributed by atoms with Crippen LogP contribution in [0.2, 0.25) is 0 Å². The molecule has 22 heavy (non-hydrogen) atoms. The first-order valence-corrected chi connectivity index (χ1v) is 7.97. The van der Waals surface area contributed by atoms with E-state index in [1.165, 1.54) is 0 Å². The summed E-state index contributed by atoms with van der Waals surface area (Å²) in [5.41, 5.74) is 2.69. The number of hydrogen-bond donors (Lipinski definition) is 0. The van der Waals surface area contributed by atoms with E-state index >= 15 is 0 Å². The van der Waals surface area contributed by atoms with Crippen LogP contribution in [0.1, 0.15) is 12.0 Å². The molecule has 2 heterocycles. The first-order valence-electron chi connectivity index (χ1n) is 7.17. The summed E-state index contributed by atoms with van der Waals surface area (Å²) in [6, 6.07) is 9.74. The number of pyridine rings is 1. The van der Waals surface area contributed by atoms with Crippen molar-refractivity contribution in [3.05, 3.63) is 58.0 Å². The maximum absolute atomic E-state index is 7.34. The van der Waals surface area contributed by atoms with Crippen molar-refractivity contribution in [2.75, 3.05) is 18.0 Å². The Balaban J connectivity index is 1.73. The normalized spacial score (nSPS) is 17.3. The highest BCUT2D eigenvalue weighted by molar-refractivity contribution is 9.10. The Morgan fingerprint density at radius 3 is 3.05 bits per heavy atom. The molecular formula is C17H16BrN3O. The van der Waals surface area contributed by atoms with Gasteiger partial charge in [-0.05, 0) is 31.2 Å². The van der Waals surface area contributed by atoms with Crippen molar-refractivity contribution >= 4 is 27.3 Å². The lowest BCUT2D eigenvalue weighted by atomic mass is 10.2. The lowest BCUT2D eigenvalue weighted by Gasteiger charge is -2.20. The Bertz CT molecular complexity index is 726. The van der Waals surface area contributed by atoms with E-state index in [9.17, 15) is 0 Å². The highest BCUT2D eigenvalue weighted by atomic mass is 79.9. The second-order valence-electron chi connectivity index (χ2n) is 5.34. The Morgan fingerprint density at radius 1 is 1.41 bits per heavy atom. The van der Waals surface area contributed by atoms with Crippen molar-refractivity contribution < 1.29 is 4.74 Å². The zero-order chi connectivity index (χ0) is 15.5. The number of ether oxygens (including phenoxy) is 1. The molecule has 0 spiro atoms. The van der Waals surface area contributed by atoms with Gasteiger partial charge in [0.15, 0.2) is 0 Å². The smallest absolute Gasteiger partial charge is 0.216 e. The van der Waals surface area contributed by atoms with Crippen LogP contribution in [-0.4, -0.2) is 24.2 Å². The van der Waals surface area contributed by atoms with Crippen LogP contribution in [0.25, 0.3) is 4.85 Å². The number of aryl methyl sites for hydroxylation is 1. The quantitative estimate of drug-likeness (QED) is 0.764. The molecule has 1 saturated heterocycles. The molecule has 4 nitrogen and oxygen atoms in total. The van der Waals surface area contributed by atoms with Crippen LogP contribution in [-0.2, 0) is 0 Å². The van der Waals surface area contributed by atoms with E-state index < -0.39 is 0 Å². The standard InChI is InChI=1S/C17H16BrN3O/c1-12-4-3-8-20-17(12)22-14-7-9-21(11-14)16-6-5-13(18)10-15(16)19-2/h3-6,8,10,14H,7,9,11H2,1H3/t14-/m0/s1. The third-order valence-electron chi connectivity index (χ3n) is 3.78. The maximum Gasteiger partial charge on any atom is 0.216 e. The molecule has 1 aromatic heterocycles. The molecule has 0 bridgehead atoms. The first-order chi connectivity index (χ1) is 10.7. The van der Waals surface area contributed by atoms with E-state index in [4.69, 9.17) is 11.3 Å². The van der Waals surface area contributed by atoms with Crippen LogP contribution in [0.5, 0.6) is 5.88 Å². The summed E-state index contributed by atoms with van der Waals surface area (Å²) in [5, 5.41) is 0. The van der Waals surface area contributed by atoms with Crippen molar-refractivity contribution in [2.45, 2.75) is 19.4 Å². The molecule has 2 aromatic rings. The topological polar surface area (TPSA) is 29.7 Å². The van der Waals surface area contributed by atoms with Gasteiger partial charge in [-0.3, -0.25) is 0 Å². The predicted molar refractivity (Wildman–Crippen MR) is 90.6 cm³/mol. The van der Waals surface area contributed by atoms with Gasteiger partial charge in [0, 0.05) is 34.9 Å². The predicted octanol–water partition coefficient (Wildman–Crippen LogP) is 4.36. The van der Waals surface area contributed by atoms with Gasteiger partial charge in [0.25, 0.3) is 0 Å². The number of hydrogen-bond acceptors (Lipinski definition) is 3. The van der Waals surface area contributed by atoms with E-state index in [1.54, 1.807) is 6.20 Å². The van der Waals surface area contributed by atoms with Crippen LogP contribution in [0, 0.1) is 13.5 Å². The summed E-state index contributed by atoms with van der Waals surface area (Å²) < 4.78 is 6.94. The molecule has 0 unspecified atom stereocenters. The third kappa shape index (κ3) is 3.07. The molecule has 0 aliphatic carbocycles. The summed E-state index contributed by atoms with van der Waals surface area (Å²) in [5.74, 6) is 0.704. The van der Waals surface area contributed by atoms with E-state index in [-0.39, 0.29) is 6.10 Å². The lowest BCUT2D eigenvalue weighted by Crippen LogP contribution is -2.25. The average molecular weight is 358 g/mol. The van der Waals surface area contributed by atoms with E-state index in [1.807, 2.05) is 37.3 Å². The average Bonchev–Trinajstić information content (AvgIpc) is 2.98. The van der Waals surface area contributed by atoms with Gasteiger partial charge in [-0.15, -0.1) is 0 Å². The van der Waals surface area contributed by atoms with Gasteiger partial charge >= 0.3 is 0 Å². The fraction of sp³-hybridized carbons (Fsp3) is 0.294. The zero-order valence-corrected chi connectivity index (χ0v) is 13.9. The van der Waals surface area contributed by atoms with E-state index in [0.29, 0.717) is 11.6 Å². The molecule has 1 atom stereocenters. The Kier molecular flexibility index (Phi) is 4.30. The molecule has 0 amide bonds. The maximum atomic E-state index is 7.34. The summed E-state index contributed by atoms with van der Waals surface area (Å²) in [4.78, 5) is 10.1. The van der Waals surface area contributed by atoms with Crippen LogP contribution < -0.4 is 9.64 Å². The highest BCUT2D eigenvalue weighted by Gasteiger charge is 2.26. The lowest BCUT2D eigenvalue weighted by molar-refractivity contribution is 0.214. The first kappa shape index (κ1) is 14.9. The van der Waals surface area contributed by atoms with Gasteiger partial charge < -0.3 is 9.64 Å². The molecule has 0 saturated carbocycles. The van der Waals surface area contributed by atoms with Gasteiger partial charge in [-0.2, -0.15) is 0 Å². The molecule has 1 aliphatic heterocycles. The van der Waals surface area contributed by atoms with Gasteiger partial charge in [-0.25, -0.2) is 9.83 Å². The summed E-state index contributed by atoms with van der Waals surface area (Å²) in [7, 11) is 0. The van der Waals surface area contributed by atoms with Crippen molar-refractivity contribution in [3.8, 4) is 5.88 Å². The second-order valence-corrected chi connectivity index (χ2v) is 6.26. The Labute approximate surface area is 138 Å². The highest BCUT2D eigenvalue weighted by Crippen LogP contribution is 2.34. The number of rotatable bonds is 3. The fourth-order valence-corrected chi connectivity index (χ4v) is 3.00. The minimum absolute atomic E-state index is 0.107. The van der Waals surface area contributed by atoms with Crippen LogP contribution >= 0.6 is 15.9 Å². The van der Waals surface area contributed by atoms with Gasteiger partial charge in [-0.1, -0.05) is 22.0 Å². The van der Waals surface area contributed by atoms with Crippen molar-refractivity contribution in [1.82, 2.24) is 4.98 Å². The number of benzene rings is 1. The fourth-order valence-electron chi connectivity index (χ4n) is 2.65. The van der Waals surface area contributed by atoms with E-state index in [0.717, 1.165) is 35.2 Å². The zero-order valence-electron chi connectivity index (χ0n) is 12.3. The molecule has 1 aliphatic rings. The molecule has 3 rings (SSSR count). The van der Waals surface area contributed by atoms with Crippen molar-refractivity contribution in [3.63, 3.8) is 0 Å². The van der Waals surface area contributed by atoms with Crippen LogP contribution in [0.3, 0.4) is 0 Å². The summed E-state index contributed by atoms with van der Waals surface area (Å²) >= 11 is 3.41. The molecule has 1 aromatic carbocycles. The SMILES string of the molecule is [C-]#[N+]c1cc(Br)ccc1N1CC[C@H](Oc2ncccc2C)C1. The van der Waals surface area contributed by atoms with Crippen LogP contribution in [0.15, 0.2) is 41.0 Å². The molecule has 1 fully saturated rings. The number of anilines is 1. The van der Waals surface area contributed by atoms with Gasteiger partial charge in [0.1, 0.15) is 6.10 Å². The molecular weight excluding hydrogens is 342 g/mol. The monoisotopic (exact) mass is 357 g/mol. The Morgan fingerprint density at radius 2 is 2.27 bits per heavy atom. The number of nitrogens with zero attached hydrogens (tertiary/aromatic N) is 3. The number of halogens is 1. The second kappa shape index (κ2) is 6.37. The largest absolute Gasteiger partial charge is 0.472 e. The Hall–Kier alpha value is -2.06. The minimum Gasteiger partial charge on any atom is -0.472 e. The third-order valence-corrected chi connectivity index (χ3v) is 4.28. The molecule has 0 radical (unpaired) electrons. The van der Waals surface area contributed by atoms with Crippen molar-refractivity contribution in [1.29, 1.82) is 0 Å².